The summed E-state index contributed by atoms with van der Waals surface area (Å²) < 4.78 is 5.39. The number of carbonyl (C=O) groups is 3. The number of Topliss-reactive ketones (excluding diaryl/α,β-unsaturated/α-hetero) is 1. The Morgan fingerprint density at radius 1 is 0.900 bits per heavy atom. The van der Waals surface area contributed by atoms with Crippen molar-refractivity contribution in [2.75, 3.05) is 0 Å². The summed E-state index contributed by atoms with van der Waals surface area (Å²) in [5, 5.41) is 5.49. The van der Waals surface area contributed by atoms with E-state index in [1.165, 1.54) is 0 Å². The molecule has 0 aliphatic heterocycles. The Morgan fingerprint density at radius 2 is 1.50 bits per heavy atom. The third-order valence-electron chi connectivity index (χ3n) is 4.82. The zero-order chi connectivity index (χ0) is 22.4. The standard InChI is InChI=1S/C24H30N2O4/c1-14(2)26-24(29)25-13-19-7-9-20(10-8-19)23(28)30-18(6)22(27)21-12-16(4)15(3)11-17(21)5/h7-12,14,18H,13H2,1-6H3,(H2,25,26,29). The summed E-state index contributed by atoms with van der Waals surface area (Å²) in [4.78, 5) is 36.8. The minimum atomic E-state index is -0.889. The van der Waals surface area contributed by atoms with E-state index in [4.69, 9.17) is 4.74 Å². The van der Waals surface area contributed by atoms with Crippen LogP contribution in [0.3, 0.4) is 0 Å². The molecule has 0 saturated heterocycles. The van der Waals surface area contributed by atoms with Crippen LogP contribution in [0.4, 0.5) is 4.79 Å². The largest absolute Gasteiger partial charge is 0.451 e. The van der Waals surface area contributed by atoms with Gasteiger partial charge in [-0.2, -0.15) is 0 Å². The Bertz CT molecular complexity index is 933. The van der Waals surface area contributed by atoms with Gasteiger partial charge in [0.15, 0.2) is 6.10 Å². The van der Waals surface area contributed by atoms with Gasteiger partial charge in [0.05, 0.1) is 5.56 Å². The number of rotatable bonds is 7. The van der Waals surface area contributed by atoms with E-state index in [9.17, 15) is 14.4 Å². The van der Waals surface area contributed by atoms with Crippen molar-refractivity contribution in [3.63, 3.8) is 0 Å². The van der Waals surface area contributed by atoms with Gasteiger partial charge >= 0.3 is 12.0 Å². The molecule has 6 heteroatoms. The normalized spacial score (nSPS) is 11.7. The van der Waals surface area contributed by atoms with Crippen LogP contribution >= 0.6 is 0 Å². The van der Waals surface area contributed by atoms with Crippen LogP contribution in [0.5, 0.6) is 0 Å². The number of benzene rings is 2. The van der Waals surface area contributed by atoms with E-state index in [0.717, 1.165) is 22.3 Å². The van der Waals surface area contributed by atoms with Gasteiger partial charge in [-0.25, -0.2) is 9.59 Å². The van der Waals surface area contributed by atoms with Crippen LogP contribution in [0, 0.1) is 20.8 Å². The predicted molar refractivity (Wildman–Crippen MR) is 117 cm³/mol. The molecule has 6 nitrogen and oxygen atoms in total. The summed E-state index contributed by atoms with van der Waals surface area (Å²) in [6.45, 7) is 11.5. The number of urea groups is 1. The van der Waals surface area contributed by atoms with Crippen molar-refractivity contribution in [1.82, 2.24) is 10.6 Å². The number of esters is 1. The van der Waals surface area contributed by atoms with Crippen LogP contribution in [-0.2, 0) is 11.3 Å². The van der Waals surface area contributed by atoms with E-state index < -0.39 is 12.1 Å². The Kier molecular flexibility index (Phi) is 7.75. The molecule has 160 valence electrons. The lowest BCUT2D eigenvalue weighted by Crippen LogP contribution is -2.39. The van der Waals surface area contributed by atoms with Gasteiger partial charge in [0.25, 0.3) is 0 Å². The lowest BCUT2D eigenvalue weighted by molar-refractivity contribution is 0.0318. The summed E-state index contributed by atoms with van der Waals surface area (Å²) in [5.74, 6) is -0.782. The number of aryl methyl sites for hydroxylation is 3. The van der Waals surface area contributed by atoms with Crippen molar-refractivity contribution in [2.45, 2.75) is 60.2 Å². The minimum Gasteiger partial charge on any atom is -0.451 e. The van der Waals surface area contributed by atoms with Crippen molar-refractivity contribution in [3.8, 4) is 0 Å². The quantitative estimate of drug-likeness (QED) is 0.528. The number of nitrogens with one attached hydrogen (secondary N) is 2. The van der Waals surface area contributed by atoms with Gasteiger partial charge in [-0.1, -0.05) is 18.2 Å². The number of amides is 2. The molecule has 2 aromatic rings. The number of ketones is 1. The van der Waals surface area contributed by atoms with Crippen molar-refractivity contribution < 1.29 is 19.1 Å². The predicted octanol–water partition coefficient (Wildman–Crippen LogP) is 4.25. The third-order valence-corrected chi connectivity index (χ3v) is 4.82. The fourth-order valence-electron chi connectivity index (χ4n) is 2.98. The van der Waals surface area contributed by atoms with Crippen LogP contribution in [0.25, 0.3) is 0 Å². The van der Waals surface area contributed by atoms with E-state index in [1.807, 2.05) is 46.8 Å². The molecule has 2 N–H and O–H groups in total. The molecule has 0 saturated carbocycles. The molecular weight excluding hydrogens is 380 g/mol. The second-order valence-electron chi connectivity index (χ2n) is 7.84. The monoisotopic (exact) mass is 410 g/mol. The summed E-state index contributed by atoms with van der Waals surface area (Å²) in [7, 11) is 0. The van der Waals surface area contributed by atoms with Crippen LogP contribution < -0.4 is 10.6 Å². The summed E-state index contributed by atoms with van der Waals surface area (Å²) in [6.07, 6.45) is -0.889. The van der Waals surface area contributed by atoms with Gasteiger partial charge in [0.1, 0.15) is 0 Å². The van der Waals surface area contributed by atoms with Crippen LogP contribution in [0.15, 0.2) is 36.4 Å². The zero-order valence-corrected chi connectivity index (χ0v) is 18.5. The molecule has 0 spiro atoms. The molecule has 0 bridgehead atoms. The zero-order valence-electron chi connectivity index (χ0n) is 18.5. The highest BCUT2D eigenvalue weighted by Crippen LogP contribution is 2.18. The van der Waals surface area contributed by atoms with E-state index in [0.29, 0.717) is 17.7 Å². The van der Waals surface area contributed by atoms with Crippen LogP contribution in [-0.4, -0.2) is 29.9 Å². The first-order chi connectivity index (χ1) is 14.1. The maximum Gasteiger partial charge on any atom is 0.338 e. The van der Waals surface area contributed by atoms with E-state index in [1.54, 1.807) is 31.2 Å². The maximum absolute atomic E-state index is 12.8. The fourth-order valence-corrected chi connectivity index (χ4v) is 2.98. The van der Waals surface area contributed by atoms with Crippen LogP contribution in [0.2, 0.25) is 0 Å². The molecular formula is C24H30N2O4. The molecule has 0 heterocycles. The molecule has 0 fully saturated rings. The highest BCUT2D eigenvalue weighted by Gasteiger charge is 2.22. The van der Waals surface area contributed by atoms with Crippen molar-refractivity contribution in [1.29, 1.82) is 0 Å². The van der Waals surface area contributed by atoms with Gasteiger partial charge in [0, 0.05) is 18.2 Å². The smallest absolute Gasteiger partial charge is 0.338 e. The first-order valence-electron chi connectivity index (χ1n) is 10.0. The second kappa shape index (κ2) is 10.1. The molecule has 1 unspecified atom stereocenters. The van der Waals surface area contributed by atoms with Gasteiger partial charge in [-0.05, 0) is 82.0 Å². The highest BCUT2D eigenvalue weighted by molar-refractivity contribution is 6.02. The molecule has 30 heavy (non-hydrogen) atoms. The summed E-state index contributed by atoms with van der Waals surface area (Å²) in [6, 6.07) is 10.3. The maximum atomic E-state index is 12.8. The van der Waals surface area contributed by atoms with Gasteiger partial charge < -0.3 is 15.4 Å². The van der Waals surface area contributed by atoms with Crippen LogP contribution in [0.1, 0.15) is 63.7 Å². The Balaban J connectivity index is 1.98. The molecule has 0 aliphatic rings. The average Bonchev–Trinajstić information content (AvgIpc) is 2.68. The molecule has 0 aromatic heterocycles. The number of carbonyl (C=O) groups excluding carboxylic acids is 3. The fraction of sp³-hybridized carbons (Fsp3) is 0.375. The summed E-state index contributed by atoms with van der Waals surface area (Å²) in [5.41, 5.74) is 4.77. The van der Waals surface area contributed by atoms with E-state index in [2.05, 4.69) is 10.6 Å². The first-order valence-corrected chi connectivity index (χ1v) is 10.0. The highest BCUT2D eigenvalue weighted by atomic mass is 16.5. The average molecular weight is 411 g/mol. The van der Waals surface area contributed by atoms with Crippen molar-refractivity contribution >= 4 is 17.8 Å². The van der Waals surface area contributed by atoms with Gasteiger partial charge in [-0.15, -0.1) is 0 Å². The minimum absolute atomic E-state index is 0.0551. The number of ether oxygens (including phenoxy) is 1. The molecule has 2 aromatic carbocycles. The van der Waals surface area contributed by atoms with Gasteiger partial charge in [-0.3, -0.25) is 4.79 Å². The number of hydrogen-bond acceptors (Lipinski definition) is 4. The Morgan fingerprint density at radius 3 is 2.10 bits per heavy atom. The first kappa shape index (κ1) is 23.1. The second-order valence-corrected chi connectivity index (χ2v) is 7.84. The van der Waals surface area contributed by atoms with Crippen molar-refractivity contribution in [2.24, 2.45) is 0 Å². The Hall–Kier alpha value is -3.15. The van der Waals surface area contributed by atoms with E-state index in [-0.39, 0.29) is 17.9 Å². The molecule has 1 atom stereocenters. The molecule has 0 radical (unpaired) electrons. The molecule has 2 rings (SSSR count). The lowest BCUT2D eigenvalue weighted by Gasteiger charge is -2.15. The topological polar surface area (TPSA) is 84.5 Å². The van der Waals surface area contributed by atoms with E-state index >= 15 is 0 Å². The molecule has 0 aliphatic carbocycles. The van der Waals surface area contributed by atoms with Crippen molar-refractivity contribution in [3.05, 3.63) is 69.8 Å². The number of hydrogen-bond donors (Lipinski definition) is 2. The van der Waals surface area contributed by atoms with Gasteiger partial charge in [0.2, 0.25) is 5.78 Å². The lowest BCUT2D eigenvalue weighted by atomic mass is 9.96. The third kappa shape index (κ3) is 6.17. The SMILES string of the molecule is Cc1cc(C)c(C(=O)C(C)OC(=O)c2ccc(CNC(=O)NC(C)C)cc2)cc1C. The summed E-state index contributed by atoms with van der Waals surface area (Å²) >= 11 is 0. The Labute approximate surface area is 178 Å². The molecule has 2 amide bonds.